The van der Waals surface area contributed by atoms with Gasteiger partial charge in [-0.2, -0.15) is 0 Å². The Morgan fingerprint density at radius 3 is 2.52 bits per heavy atom. The van der Waals surface area contributed by atoms with Gasteiger partial charge in [0.25, 0.3) is 0 Å². The SMILES string of the molecule is O[C@@H]1C[C@H](C/C=C/c2ccc(F)cc2)O[C@H](c2ccccc2)C1. The van der Waals surface area contributed by atoms with Gasteiger partial charge in [0.15, 0.2) is 0 Å². The Hall–Kier alpha value is -1.97. The lowest BCUT2D eigenvalue weighted by atomic mass is 9.95. The summed E-state index contributed by atoms with van der Waals surface area (Å²) in [6, 6.07) is 16.4. The molecule has 23 heavy (non-hydrogen) atoms. The van der Waals surface area contributed by atoms with Crippen LogP contribution in [0.2, 0.25) is 0 Å². The van der Waals surface area contributed by atoms with Crippen molar-refractivity contribution in [3.63, 3.8) is 0 Å². The van der Waals surface area contributed by atoms with E-state index in [-0.39, 0.29) is 24.1 Å². The molecule has 2 aromatic carbocycles. The normalized spacial score (nSPS) is 24.9. The van der Waals surface area contributed by atoms with Crippen LogP contribution in [0.3, 0.4) is 0 Å². The molecule has 1 aliphatic heterocycles. The standard InChI is InChI=1S/C20H21FO2/c21-17-11-9-15(10-12-17)5-4-8-19-13-18(22)14-20(23-19)16-6-2-1-3-7-16/h1-7,9-12,18-20,22H,8,13-14H2/b5-4+/t18-,19+,20+/m1/s1. The van der Waals surface area contributed by atoms with Crippen LogP contribution in [-0.2, 0) is 4.74 Å². The molecule has 2 aromatic rings. The summed E-state index contributed by atoms with van der Waals surface area (Å²) in [5, 5.41) is 10.1. The molecule has 0 spiro atoms. The number of hydrogen-bond acceptors (Lipinski definition) is 2. The molecule has 3 heteroatoms. The van der Waals surface area contributed by atoms with Gasteiger partial charge in [0.05, 0.1) is 18.3 Å². The van der Waals surface area contributed by atoms with Gasteiger partial charge < -0.3 is 9.84 Å². The topological polar surface area (TPSA) is 29.5 Å². The maximum absolute atomic E-state index is 12.9. The van der Waals surface area contributed by atoms with Crippen LogP contribution >= 0.6 is 0 Å². The summed E-state index contributed by atoms with van der Waals surface area (Å²) in [5.74, 6) is -0.230. The molecule has 2 nitrogen and oxygen atoms in total. The predicted octanol–water partition coefficient (Wildman–Crippen LogP) is 4.51. The van der Waals surface area contributed by atoms with Crippen molar-refractivity contribution in [2.24, 2.45) is 0 Å². The zero-order valence-corrected chi connectivity index (χ0v) is 12.9. The molecule has 0 bridgehead atoms. The van der Waals surface area contributed by atoms with E-state index in [0.29, 0.717) is 12.8 Å². The second-order valence-electron chi connectivity index (χ2n) is 5.97. The zero-order chi connectivity index (χ0) is 16.1. The fourth-order valence-corrected chi connectivity index (χ4v) is 2.95. The van der Waals surface area contributed by atoms with E-state index in [2.05, 4.69) is 0 Å². The number of aliphatic hydroxyl groups is 1. The Morgan fingerprint density at radius 1 is 1.04 bits per heavy atom. The van der Waals surface area contributed by atoms with Gasteiger partial charge in [-0.15, -0.1) is 0 Å². The first-order chi connectivity index (χ1) is 11.2. The molecule has 1 fully saturated rings. The van der Waals surface area contributed by atoms with Crippen molar-refractivity contribution < 1.29 is 14.2 Å². The van der Waals surface area contributed by atoms with Crippen LogP contribution in [0.1, 0.15) is 36.5 Å². The second-order valence-corrected chi connectivity index (χ2v) is 5.97. The third kappa shape index (κ3) is 4.50. The van der Waals surface area contributed by atoms with Gasteiger partial charge >= 0.3 is 0 Å². The van der Waals surface area contributed by atoms with Gasteiger partial charge in [-0.05, 0) is 36.1 Å². The molecule has 1 N–H and O–H groups in total. The van der Waals surface area contributed by atoms with Crippen molar-refractivity contribution >= 4 is 6.08 Å². The van der Waals surface area contributed by atoms with Gasteiger partial charge in [-0.3, -0.25) is 0 Å². The molecular weight excluding hydrogens is 291 g/mol. The Kier molecular flexibility index (Phi) is 5.21. The minimum Gasteiger partial charge on any atom is -0.393 e. The first-order valence-corrected chi connectivity index (χ1v) is 8.01. The average Bonchev–Trinajstić information content (AvgIpc) is 2.57. The lowest BCUT2D eigenvalue weighted by Crippen LogP contribution is -2.31. The Labute approximate surface area is 136 Å². The third-order valence-electron chi connectivity index (χ3n) is 4.13. The van der Waals surface area contributed by atoms with E-state index < -0.39 is 0 Å². The van der Waals surface area contributed by atoms with Gasteiger partial charge in [0.2, 0.25) is 0 Å². The fourth-order valence-electron chi connectivity index (χ4n) is 2.95. The zero-order valence-electron chi connectivity index (χ0n) is 12.9. The van der Waals surface area contributed by atoms with Crippen LogP contribution in [0, 0.1) is 5.82 Å². The minimum atomic E-state index is -0.335. The van der Waals surface area contributed by atoms with Crippen molar-refractivity contribution in [3.8, 4) is 0 Å². The monoisotopic (exact) mass is 312 g/mol. The summed E-state index contributed by atoms with van der Waals surface area (Å²) in [6.45, 7) is 0. The number of ether oxygens (including phenoxy) is 1. The van der Waals surface area contributed by atoms with E-state index in [4.69, 9.17) is 4.74 Å². The van der Waals surface area contributed by atoms with Gasteiger partial charge in [0.1, 0.15) is 5.82 Å². The van der Waals surface area contributed by atoms with Gasteiger partial charge in [-0.25, -0.2) is 4.39 Å². The highest BCUT2D eigenvalue weighted by atomic mass is 19.1. The quantitative estimate of drug-likeness (QED) is 0.900. The number of benzene rings is 2. The van der Waals surface area contributed by atoms with Gasteiger partial charge in [-0.1, -0.05) is 54.6 Å². The molecule has 0 aliphatic carbocycles. The van der Waals surface area contributed by atoms with Crippen LogP contribution in [0.15, 0.2) is 60.7 Å². The Bertz CT molecular complexity index is 636. The van der Waals surface area contributed by atoms with Crippen LogP contribution in [0.25, 0.3) is 6.08 Å². The largest absolute Gasteiger partial charge is 0.393 e. The lowest BCUT2D eigenvalue weighted by molar-refractivity contribution is -0.0957. The molecule has 3 atom stereocenters. The highest BCUT2D eigenvalue weighted by molar-refractivity contribution is 5.48. The molecule has 0 amide bonds. The van der Waals surface area contributed by atoms with Gasteiger partial charge in [0, 0.05) is 6.42 Å². The molecule has 1 saturated heterocycles. The van der Waals surface area contributed by atoms with E-state index in [9.17, 15) is 9.50 Å². The molecule has 3 rings (SSSR count). The van der Waals surface area contributed by atoms with Crippen molar-refractivity contribution in [2.45, 2.75) is 37.6 Å². The van der Waals surface area contributed by atoms with Crippen LogP contribution in [0.4, 0.5) is 4.39 Å². The summed E-state index contributed by atoms with van der Waals surface area (Å²) in [5.41, 5.74) is 2.07. The van der Waals surface area contributed by atoms with E-state index in [0.717, 1.165) is 17.5 Å². The molecule has 0 radical (unpaired) electrons. The smallest absolute Gasteiger partial charge is 0.123 e. The summed E-state index contributed by atoms with van der Waals surface area (Å²) in [6.07, 6.45) is 5.62. The predicted molar refractivity (Wildman–Crippen MR) is 89.3 cm³/mol. The summed E-state index contributed by atoms with van der Waals surface area (Å²) < 4.78 is 19.0. The maximum atomic E-state index is 12.9. The summed E-state index contributed by atoms with van der Waals surface area (Å²) in [4.78, 5) is 0. The molecule has 0 saturated carbocycles. The highest BCUT2D eigenvalue weighted by Gasteiger charge is 2.28. The summed E-state index contributed by atoms with van der Waals surface area (Å²) >= 11 is 0. The molecule has 120 valence electrons. The Balaban J connectivity index is 1.60. The number of aliphatic hydroxyl groups excluding tert-OH is 1. The molecule has 0 aromatic heterocycles. The highest BCUT2D eigenvalue weighted by Crippen LogP contribution is 2.32. The molecule has 1 aliphatic rings. The van der Waals surface area contributed by atoms with Crippen molar-refractivity contribution in [2.75, 3.05) is 0 Å². The van der Waals surface area contributed by atoms with E-state index in [1.165, 1.54) is 12.1 Å². The molecule has 0 unspecified atom stereocenters. The van der Waals surface area contributed by atoms with Crippen molar-refractivity contribution in [3.05, 3.63) is 77.6 Å². The first kappa shape index (κ1) is 15.9. The molecule has 1 heterocycles. The fraction of sp³-hybridized carbons (Fsp3) is 0.300. The third-order valence-corrected chi connectivity index (χ3v) is 4.13. The number of hydrogen-bond donors (Lipinski definition) is 1. The van der Waals surface area contributed by atoms with Crippen LogP contribution in [0.5, 0.6) is 0 Å². The van der Waals surface area contributed by atoms with E-state index >= 15 is 0 Å². The van der Waals surface area contributed by atoms with Crippen molar-refractivity contribution in [1.82, 2.24) is 0 Å². The molecular formula is C20H21FO2. The van der Waals surface area contributed by atoms with Crippen LogP contribution < -0.4 is 0 Å². The second kappa shape index (κ2) is 7.53. The van der Waals surface area contributed by atoms with Crippen LogP contribution in [-0.4, -0.2) is 17.3 Å². The average molecular weight is 312 g/mol. The van der Waals surface area contributed by atoms with E-state index in [1.807, 2.05) is 42.5 Å². The number of rotatable bonds is 4. The first-order valence-electron chi connectivity index (χ1n) is 8.01. The Morgan fingerprint density at radius 2 is 1.78 bits per heavy atom. The number of halogens is 1. The van der Waals surface area contributed by atoms with E-state index in [1.54, 1.807) is 12.1 Å². The maximum Gasteiger partial charge on any atom is 0.123 e. The minimum absolute atomic E-state index is 0.000606. The van der Waals surface area contributed by atoms with Crippen molar-refractivity contribution in [1.29, 1.82) is 0 Å². The lowest BCUT2D eigenvalue weighted by Gasteiger charge is -2.33. The summed E-state index contributed by atoms with van der Waals surface area (Å²) in [7, 11) is 0.